The number of carbonyl (C=O) groups is 2. The molecular weight excluding hydrogens is 400 g/mol. The van der Waals surface area contributed by atoms with Gasteiger partial charge < -0.3 is 5.32 Å². The van der Waals surface area contributed by atoms with E-state index in [-0.39, 0.29) is 18.1 Å². The Hall–Kier alpha value is -3.46. The van der Waals surface area contributed by atoms with Gasteiger partial charge in [0.15, 0.2) is 10.9 Å². The van der Waals surface area contributed by atoms with Crippen LogP contribution in [0.15, 0.2) is 36.7 Å². The molecule has 0 atom stereocenters. The maximum Gasteiger partial charge on any atom is 0.252 e. The molecule has 30 heavy (non-hydrogen) atoms. The lowest BCUT2D eigenvalue weighted by Crippen LogP contribution is -2.14. The number of nitrogens with one attached hydrogen (secondary N) is 1. The lowest BCUT2D eigenvalue weighted by Gasteiger charge is -2.10. The third-order valence-corrected chi connectivity index (χ3v) is 5.90. The predicted molar refractivity (Wildman–Crippen MR) is 115 cm³/mol. The topological polar surface area (TPSA) is 102 Å². The quantitative estimate of drug-likeness (QED) is 0.478. The summed E-state index contributed by atoms with van der Waals surface area (Å²) in [5, 5.41) is 7.42. The van der Waals surface area contributed by atoms with Crippen LogP contribution in [0.4, 0.5) is 5.13 Å². The first-order valence-corrected chi connectivity index (χ1v) is 10.3. The molecule has 0 aliphatic rings. The highest BCUT2D eigenvalue weighted by Gasteiger charge is 2.18. The lowest BCUT2D eigenvalue weighted by atomic mass is 10.1. The van der Waals surface area contributed by atoms with E-state index < -0.39 is 0 Å². The second-order valence-electron chi connectivity index (χ2n) is 6.90. The average Bonchev–Trinajstić information content (AvgIpc) is 3.35. The van der Waals surface area contributed by atoms with Crippen molar-refractivity contribution < 1.29 is 9.59 Å². The van der Waals surface area contributed by atoms with Gasteiger partial charge in [-0.05, 0) is 25.8 Å². The first-order chi connectivity index (χ1) is 14.4. The number of aryl methyl sites for hydroxylation is 2. The minimum absolute atomic E-state index is 0.0784. The number of ketones is 1. The van der Waals surface area contributed by atoms with Gasteiger partial charge in [0.05, 0.1) is 10.6 Å². The van der Waals surface area contributed by atoms with Crippen LogP contribution in [-0.4, -0.2) is 36.3 Å². The van der Waals surface area contributed by atoms with Gasteiger partial charge in [-0.2, -0.15) is 10.1 Å². The Balaban J connectivity index is 1.50. The summed E-state index contributed by atoms with van der Waals surface area (Å²) >= 11 is 1.19. The summed E-state index contributed by atoms with van der Waals surface area (Å²) in [4.78, 5) is 38.2. The third kappa shape index (κ3) is 3.84. The molecule has 4 aromatic rings. The summed E-state index contributed by atoms with van der Waals surface area (Å²) in [6, 6.07) is 9.47. The van der Waals surface area contributed by atoms with Crippen LogP contribution in [0.5, 0.6) is 0 Å². The summed E-state index contributed by atoms with van der Waals surface area (Å²) in [5.74, 6) is 0.299. The van der Waals surface area contributed by atoms with Crippen LogP contribution >= 0.6 is 11.3 Å². The minimum atomic E-state index is -0.170. The molecule has 1 N–H and O–H groups in total. The van der Waals surface area contributed by atoms with Crippen molar-refractivity contribution in [3.63, 3.8) is 0 Å². The highest BCUT2D eigenvalue weighted by molar-refractivity contribution is 7.18. The van der Waals surface area contributed by atoms with Crippen molar-refractivity contribution in [3.8, 4) is 11.3 Å². The fourth-order valence-electron chi connectivity index (χ4n) is 3.34. The highest BCUT2D eigenvalue weighted by atomic mass is 32.1. The maximum atomic E-state index is 12.6. The van der Waals surface area contributed by atoms with Gasteiger partial charge in [-0.25, -0.2) is 14.5 Å². The Morgan fingerprint density at radius 3 is 2.63 bits per heavy atom. The van der Waals surface area contributed by atoms with Crippen LogP contribution in [0.25, 0.3) is 17.0 Å². The van der Waals surface area contributed by atoms with E-state index in [0.29, 0.717) is 27.9 Å². The summed E-state index contributed by atoms with van der Waals surface area (Å²) < 4.78 is 1.67. The largest absolute Gasteiger partial charge is 0.302 e. The molecule has 3 heterocycles. The van der Waals surface area contributed by atoms with E-state index in [0.717, 1.165) is 22.5 Å². The minimum Gasteiger partial charge on any atom is -0.302 e. The molecule has 0 spiro atoms. The van der Waals surface area contributed by atoms with E-state index in [1.807, 2.05) is 44.2 Å². The van der Waals surface area contributed by atoms with Crippen LogP contribution in [0, 0.1) is 13.8 Å². The molecule has 1 amide bonds. The summed E-state index contributed by atoms with van der Waals surface area (Å²) in [7, 11) is 0. The number of amides is 1. The molecule has 8 nitrogen and oxygen atoms in total. The molecule has 0 fully saturated rings. The molecule has 0 saturated carbocycles. The van der Waals surface area contributed by atoms with E-state index >= 15 is 0 Å². The Morgan fingerprint density at radius 1 is 1.13 bits per heavy atom. The number of benzene rings is 1. The molecule has 4 rings (SSSR count). The van der Waals surface area contributed by atoms with E-state index in [4.69, 9.17) is 0 Å². The van der Waals surface area contributed by atoms with Gasteiger partial charge in [-0.15, -0.1) is 0 Å². The van der Waals surface area contributed by atoms with Gasteiger partial charge in [-0.1, -0.05) is 41.7 Å². The fraction of sp³-hybridized carbons (Fsp3) is 0.238. The molecule has 0 radical (unpaired) electrons. The second kappa shape index (κ2) is 8.11. The van der Waals surface area contributed by atoms with Gasteiger partial charge in [0.2, 0.25) is 5.91 Å². The number of aromatic nitrogens is 5. The van der Waals surface area contributed by atoms with Gasteiger partial charge in [0.1, 0.15) is 6.33 Å². The van der Waals surface area contributed by atoms with E-state index in [1.165, 1.54) is 24.6 Å². The number of carbonyl (C=O) groups excluding carboxylic acids is 2. The van der Waals surface area contributed by atoms with Crippen molar-refractivity contribution in [1.29, 1.82) is 0 Å². The lowest BCUT2D eigenvalue weighted by molar-refractivity contribution is -0.116. The molecular formula is C21H20N6O2S. The van der Waals surface area contributed by atoms with Gasteiger partial charge in [0, 0.05) is 30.3 Å². The zero-order valence-corrected chi connectivity index (χ0v) is 17.7. The van der Waals surface area contributed by atoms with Crippen molar-refractivity contribution >= 4 is 33.9 Å². The number of nitrogens with zero attached hydrogens (tertiary/aromatic N) is 5. The monoisotopic (exact) mass is 420 g/mol. The number of rotatable bonds is 6. The number of hydrogen-bond donors (Lipinski definition) is 1. The van der Waals surface area contributed by atoms with Crippen LogP contribution < -0.4 is 5.32 Å². The molecule has 152 valence electrons. The Kier molecular flexibility index (Phi) is 5.37. The number of fused-ring (bicyclic) bond motifs is 1. The van der Waals surface area contributed by atoms with E-state index in [9.17, 15) is 9.59 Å². The second-order valence-corrected chi connectivity index (χ2v) is 7.90. The van der Waals surface area contributed by atoms with Crippen LogP contribution in [0.3, 0.4) is 0 Å². The first kappa shape index (κ1) is 19.8. The maximum absolute atomic E-state index is 12.6. The zero-order chi connectivity index (χ0) is 21.3. The summed E-state index contributed by atoms with van der Waals surface area (Å²) in [5.41, 5.74) is 4.16. The number of anilines is 1. The third-order valence-electron chi connectivity index (χ3n) is 4.83. The molecule has 0 unspecified atom stereocenters. The van der Waals surface area contributed by atoms with Crippen LogP contribution in [0.2, 0.25) is 0 Å². The SMILES string of the molecule is CC(=O)c1sc(NC(=O)CCc2c(C)nc3ncnn3c2C)nc1-c1ccccc1. The van der Waals surface area contributed by atoms with Gasteiger partial charge in [0.25, 0.3) is 5.78 Å². The predicted octanol–water partition coefficient (Wildman–Crippen LogP) is 3.64. The standard InChI is InChI=1S/C21H20N6O2S/c1-12-16(13(2)27-20(24-12)22-11-23-27)9-10-17(29)25-21-26-18(19(30-21)14(3)28)15-7-5-4-6-8-15/h4-8,11H,9-10H2,1-3H3,(H,25,26,29). The number of thiazole rings is 1. The number of Topliss-reactive ketones (excluding diaryl/α,β-unsaturated/α-hetero) is 1. The van der Waals surface area contributed by atoms with Crippen LogP contribution in [-0.2, 0) is 11.2 Å². The molecule has 1 aromatic carbocycles. The van der Waals surface area contributed by atoms with Gasteiger partial charge in [-0.3, -0.25) is 9.59 Å². The summed E-state index contributed by atoms with van der Waals surface area (Å²) in [6.07, 6.45) is 2.24. The molecule has 0 aliphatic carbocycles. The van der Waals surface area contributed by atoms with E-state index in [2.05, 4.69) is 25.4 Å². The van der Waals surface area contributed by atoms with E-state index in [1.54, 1.807) is 4.52 Å². The highest BCUT2D eigenvalue weighted by Crippen LogP contribution is 2.31. The Bertz CT molecular complexity index is 1250. The van der Waals surface area contributed by atoms with Crippen molar-refractivity contribution in [3.05, 3.63) is 58.5 Å². The zero-order valence-electron chi connectivity index (χ0n) is 16.8. The Morgan fingerprint density at radius 2 is 1.90 bits per heavy atom. The Labute approximate surface area is 177 Å². The number of hydrogen-bond acceptors (Lipinski definition) is 7. The van der Waals surface area contributed by atoms with Crippen molar-refractivity contribution in [2.24, 2.45) is 0 Å². The fourth-order valence-corrected chi connectivity index (χ4v) is 4.24. The van der Waals surface area contributed by atoms with Crippen molar-refractivity contribution in [2.75, 3.05) is 5.32 Å². The molecule has 9 heteroatoms. The van der Waals surface area contributed by atoms with Crippen molar-refractivity contribution in [1.82, 2.24) is 24.6 Å². The molecule has 3 aromatic heterocycles. The smallest absolute Gasteiger partial charge is 0.252 e. The average molecular weight is 420 g/mol. The normalized spacial score (nSPS) is 11.0. The molecule has 0 saturated heterocycles. The molecule has 0 aliphatic heterocycles. The first-order valence-electron chi connectivity index (χ1n) is 9.47. The van der Waals surface area contributed by atoms with Crippen molar-refractivity contribution in [2.45, 2.75) is 33.6 Å². The summed E-state index contributed by atoms with van der Waals surface area (Å²) in [6.45, 7) is 5.35. The van der Waals surface area contributed by atoms with Crippen LogP contribution in [0.1, 0.15) is 40.0 Å². The molecule has 0 bridgehead atoms. The van der Waals surface area contributed by atoms with Gasteiger partial charge >= 0.3 is 0 Å².